The second kappa shape index (κ2) is 5.11. The molecule has 0 unspecified atom stereocenters. The monoisotopic (exact) mass is 290 g/mol. The number of benzene rings is 2. The molecule has 0 aliphatic rings. The van der Waals surface area contributed by atoms with Gasteiger partial charge in [-0.2, -0.15) is 0 Å². The summed E-state index contributed by atoms with van der Waals surface area (Å²) in [5, 5.41) is 13.5. The molecule has 0 amide bonds. The first kappa shape index (κ1) is 12.3. The van der Waals surface area contributed by atoms with Gasteiger partial charge in [-0.15, -0.1) is 11.3 Å². The van der Waals surface area contributed by atoms with Crippen molar-refractivity contribution >= 4 is 33.0 Å². The Balaban J connectivity index is 1.84. The maximum absolute atomic E-state index is 9.91. The number of hydrogen-bond acceptors (Lipinski definition) is 3. The Morgan fingerprint density at radius 2 is 1.89 bits per heavy atom. The number of phenols is 1. The Morgan fingerprint density at radius 3 is 2.68 bits per heavy atom. The average Bonchev–Trinajstić information content (AvgIpc) is 2.83. The Bertz CT molecular complexity index is 704. The number of hydrogen-bond donors (Lipinski definition) is 1. The lowest BCUT2D eigenvalue weighted by Crippen LogP contribution is -1.94. The first-order chi connectivity index (χ1) is 9.24. The van der Waals surface area contributed by atoms with Crippen LogP contribution in [0.1, 0.15) is 5.56 Å². The molecule has 0 aliphatic carbocycles. The Kier molecular flexibility index (Phi) is 3.32. The van der Waals surface area contributed by atoms with E-state index in [0.717, 1.165) is 21.4 Å². The third-order valence-corrected chi connectivity index (χ3v) is 4.11. The van der Waals surface area contributed by atoms with Gasteiger partial charge in [-0.25, -0.2) is 0 Å². The lowest BCUT2D eigenvalue weighted by atomic mass is 10.1. The van der Waals surface area contributed by atoms with Crippen molar-refractivity contribution < 1.29 is 9.84 Å². The lowest BCUT2D eigenvalue weighted by molar-refractivity contribution is 0.308. The molecule has 0 aliphatic heterocycles. The predicted molar refractivity (Wildman–Crippen MR) is 79.3 cm³/mol. The van der Waals surface area contributed by atoms with Crippen molar-refractivity contribution in [1.82, 2.24) is 0 Å². The molecule has 1 aromatic heterocycles. The summed E-state index contributed by atoms with van der Waals surface area (Å²) < 4.78 is 6.77. The van der Waals surface area contributed by atoms with Crippen molar-refractivity contribution in [3.8, 4) is 11.5 Å². The van der Waals surface area contributed by atoms with Crippen molar-refractivity contribution in [2.24, 2.45) is 0 Å². The average molecular weight is 291 g/mol. The van der Waals surface area contributed by atoms with Crippen LogP contribution in [0.5, 0.6) is 11.5 Å². The zero-order chi connectivity index (χ0) is 13.2. The zero-order valence-electron chi connectivity index (χ0n) is 9.97. The van der Waals surface area contributed by atoms with Crippen LogP contribution < -0.4 is 4.74 Å². The molecule has 19 heavy (non-hydrogen) atoms. The van der Waals surface area contributed by atoms with E-state index in [9.17, 15) is 5.11 Å². The first-order valence-electron chi connectivity index (χ1n) is 5.80. The van der Waals surface area contributed by atoms with Gasteiger partial charge in [0.15, 0.2) is 0 Å². The van der Waals surface area contributed by atoms with E-state index in [4.69, 9.17) is 16.3 Å². The van der Waals surface area contributed by atoms with Crippen molar-refractivity contribution in [2.75, 3.05) is 0 Å². The van der Waals surface area contributed by atoms with Gasteiger partial charge in [0.05, 0.1) is 0 Å². The highest BCUT2D eigenvalue weighted by Gasteiger charge is 2.08. The summed E-state index contributed by atoms with van der Waals surface area (Å²) in [6.45, 7) is 0.430. The number of fused-ring (bicyclic) bond motifs is 1. The third-order valence-electron chi connectivity index (χ3n) is 2.86. The van der Waals surface area contributed by atoms with Gasteiger partial charge in [0.25, 0.3) is 0 Å². The Hall–Kier alpha value is -1.71. The van der Waals surface area contributed by atoms with Crippen LogP contribution in [-0.4, -0.2) is 5.11 Å². The number of ether oxygens (including phenoxy) is 1. The van der Waals surface area contributed by atoms with Crippen LogP contribution in [0.15, 0.2) is 47.8 Å². The minimum absolute atomic E-state index is 0.299. The fourth-order valence-electron chi connectivity index (χ4n) is 1.93. The van der Waals surface area contributed by atoms with Gasteiger partial charge in [0, 0.05) is 20.7 Å². The largest absolute Gasteiger partial charge is 0.507 e. The minimum Gasteiger partial charge on any atom is -0.507 e. The Labute approximate surface area is 119 Å². The summed E-state index contributed by atoms with van der Waals surface area (Å²) in [5.41, 5.74) is 0.994. The van der Waals surface area contributed by atoms with E-state index in [1.165, 1.54) is 0 Å². The van der Waals surface area contributed by atoms with Crippen LogP contribution in [-0.2, 0) is 6.61 Å². The van der Waals surface area contributed by atoms with Crippen LogP contribution in [0, 0.1) is 0 Å². The molecule has 0 fully saturated rings. The van der Waals surface area contributed by atoms with Gasteiger partial charge in [-0.3, -0.25) is 0 Å². The molecular weight excluding hydrogens is 280 g/mol. The molecule has 0 bridgehead atoms. The molecule has 2 nitrogen and oxygen atoms in total. The van der Waals surface area contributed by atoms with Gasteiger partial charge in [-0.05, 0) is 41.8 Å². The number of rotatable bonds is 3. The van der Waals surface area contributed by atoms with Crippen LogP contribution in [0.3, 0.4) is 0 Å². The summed E-state index contributed by atoms with van der Waals surface area (Å²) in [4.78, 5) is 0. The van der Waals surface area contributed by atoms with E-state index in [1.54, 1.807) is 29.5 Å². The number of thiophene rings is 1. The molecule has 3 rings (SSSR count). The molecule has 96 valence electrons. The van der Waals surface area contributed by atoms with Gasteiger partial charge >= 0.3 is 0 Å². The van der Waals surface area contributed by atoms with E-state index in [1.807, 2.05) is 29.6 Å². The SMILES string of the molecule is Oc1cccc2scc(COc3ccc(Cl)cc3)c12. The highest BCUT2D eigenvalue weighted by molar-refractivity contribution is 7.17. The van der Waals surface area contributed by atoms with E-state index in [0.29, 0.717) is 17.4 Å². The van der Waals surface area contributed by atoms with E-state index in [-0.39, 0.29) is 0 Å². The molecule has 0 atom stereocenters. The summed E-state index contributed by atoms with van der Waals surface area (Å²) in [5.74, 6) is 1.06. The molecule has 1 heterocycles. The number of phenolic OH excluding ortho intramolecular Hbond substituents is 1. The second-order valence-corrected chi connectivity index (χ2v) is 5.50. The normalized spacial score (nSPS) is 10.8. The maximum Gasteiger partial charge on any atom is 0.124 e. The molecule has 0 saturated carbocycles. The molecule has 0 radical (unpaired) electrons. The molecule has 3 aromatic rings. The highest BCUT2D eigenvalue weighted by atomic mass is 35.5. The smallest absolute Gasteiger partial charge is 0.124 e. The van der Waals surface area contributed by atoms with Crippen LogP contribution >= 0.6 is 22.9 Å². The van der Waals surface area contributed by atoms with E-state index < -0.39 is 0 Å². The molecule has 0 saturated heterocycles. The summed E-state index contributed by atoms with van der Waals surface area (Å²) >= 11 is 7.43. The van der Waals surface area contributed by atoms with Gasteiger partial charge < -0.3 is 9.84 Å². The van der Waals surface area contributed by atoms with E-state index >= 15 is 0 Å². The lowest BCUT2D eigenvalue weighted by Gasteiger charge is -2.06. The third kappa shape index (κ3) is 2.53. The highest BCUT2D eigenvalue weighted by Crippen LogP contribution is 2.33. The van der Waals surface area contributed by atoms with Crippen molar-refractivity contribution in [3.05, 3.63) is 58.4 Å². The quantitative estimate of drug-likeness (QED) is 0.748. The van der Waals surface area contributed by atoms with Crippen LogP contribution in [0.4, 0.5) is 0 Å². The first-order valence-corrected chi connectivity index (χ1v) is 7.06. The van der Waals surface area contributed by atoms with Gasteiger partial charge in [-0.1, -0.05) is 17.7 Å². The molecule has 4 heteroatoms. The van der Waals surface area contributed by atoms with Gasteiger partial charge in [0.2, 0.25) is 0 Å². The zero-order valence-corrected chi connectivity index (χ0v) is 11.5. The fraction of sp³-hybridized carbons (Fsp3) is 0.0667. The topological polar surface area (TPSA) is 29.5 Å². The predicted octanol–water partition coefficient (Wildman–Crippen LogP) is 4.84. The number of halogens is 1. The molecular formula is C15H11ClO2S. The van der Waals surface area contributed by atoms with Gasteiger partial charge in [0.1, 0.15) is 18.1 Å². The standard InChI is InChI=1S/C15H11ClO2S/c16-11-4-6-12(7-5-11)18-8-10-9-19-14-3-1-2-13(17)15(10)14/h1-7,9,17H,8H2. The van der Waals surface area contributed by atoms with Crippen molar-refractivity contribution in [1.29, 1.82) is 0 Å². The molecule has 0 spiro atoms. The second-order valence-electron chi connectivity index (χ2n) is 4.15. The summed E-state index contributed by atoms with van der Waals surface area (Å²) in [6.07, 6.45) is 0. The fourth-order valence-corrected chi connectivity index (χ4v) is 3.02. The van der Waals surface area contributed by atoms with Crippen molar-refractivity contribution in [3.63, 3.8) is 0 Å². The Morgan fingerprint density at radius 1 is 1.11 bits per heavy atom. The van der Waals surface area contributed by atoms with Crippen LogP contribution in [0.25, 0.3) is 10.1 Å². The minimum atomic E-state index is 0.299. The van der Waals surface area contributed by atoms with Crippen molar-refractivity contribution in [2.45, 2.75) is 6.61 Å². The molecule has 2 aromatic carbocycles. The summed E-state index contributed by atoms with van der Waals surface area (Å²) in [6, 6.07) is 12.8. The number of aromatic hydroxyl groups is 1. The molecule has 1 N–H and O–H groups in total. The maximum atomic E-state index is 9.91. The van der Waals surface area contributed by atoms with E-state index in [2.05, 4.69) is 0 Å². The van der Waals surface area contributed by atoms with Crippen LogP contribution in [0.2, 0.25) is 5.02 Å². The summed E-state index contributed by atoms with van der Waals surface area (Å²) in [7, 11) is 0.